The van der Waals surface area contributed by atoms with Crippen molar-refractivity contribution in [1.82, 2.24) is 0 Å². The zero-order valence-electron chi connectivity index (χ0n) is 10.1. The highest BCUT2D eigenvalue weighted by atomic mass is 79.9. The lowest BCUT2D eigenvalue weighted by molar-refractivity contribution is -0.0924. The van der Waals surface area contributed by atoms with E-state index in [0.717, 1.165) is 24.2 Å². The Balaban J connectivity index is 2.09. The van der Waals surface area contributed by atoms with Crippen molar-refractivity contribution in [1.29, 1.82) is 0 Å². The van der Waals surface area contributed by atoms with Crippen molar-refractivity contribution in [2.24, 2.45) is 5.41 Å². The molecule has 1 saturated heterocycles. The molecule has 1 aromatic rings. The minimum absolute atomic E-state index is 0.302. The van der Waals surface area contributed by atoms with Crippen LogP contribution >= 0.6 is 15.9 Å². The van der Waals surface area contributed by atoms with Crippen LogP contribution < -0.4 is 5.32 Å². The van der Waals surface area contributed by atoms with Crippen LogP contribution in [0.15, 0.2) is 16.6 Å². The summed E-state index contributed by atoms with van der Waals surface area (Å²) in [4.78, 5) is 0. The maximum Gasteiger partial charge on any atom is 0.0559 e. The van der Waals surface area contributed by atoms with Crippen molar-refractivity contribution < 1.29 is 4.74 Å². The molecule has 1 aromatic carbocycles. The number of benzene rings is 1. The Bertz CT molecular complexity index is 376. The van der Waals surface area contributed by atoms with Gasteiger partial charge in [-0.2, -0.15) is 0 Å². The van der Waals surface area contributed by atoms with Gasteiger partial charge in [0, 0.05) is 16.4 Å². The number of anilines is 1. The highest BCUT2D eigenvalue weighted by Gasteiger charge is 2.33. The molecule has 1 aliphatic heterocycles. The van der Waals surface area contributed by atoms with Crippen molar-refractivity contribution in [2.45, 2.75) is 20.8 Å². The zero-order valence-corrected chi connectivity index (χ0v) is 11.6. The second-order valence-corrected chi connectivity index (χ2v) is 5.95. The predicted octanol–water partition coefficient (Wildman–Crippen LogP) is 3.51. The maximum absolute atomic E-state index is 5.25. The fourth-order valence-electron chi connectivity index (χ4n) is 1.99. The van der Waals surface area contributed by atoms with Crippen molar-refractivity contribution in [3.63, 3.8) is 0 Å². The van der Waals surface area contributed by atoms with Crippen LogP contribution in [0.25, 0.3) is 0 Å². The number of halogens is 1. The maximum atomic E-state index is 5.25. The van der Waals surface area contributed by atoms with Gasteiger partial charge in [-0.1, -0.05) is 13.0 Å². The third-order valence-corrected chi connectivity index (χ3v) is 3.65. The summed E-state index contributed by atoms with van der Waals surface area (Å²) in [6.45, 7) is 9.20. The van der Waals surface area contributed by atoms with E-state index in [2.05, 4.69) is 54.2 Å². The molecule has 0 amide bonds. The van der Waals surface area contributed by atoms with Crippen LogP contribution in [0.2, 0.25) is 0 Å². The normalized spacial score (nSPS) is 18.0. The summed E-state index contributed by atoms with van der Waals surface area (Å²) in [6.07, 6.45) is 0. The second-order valence-electron chi connectivity index (χ2n) is 5.10. The molecule has 1 heterocycles. The molecule has 2 nitrogen and oxygen atoms in total. The number of ether oxygens (including phenoxy) is 1. The lowest BCUT2D eigenvalue weighted by Gasteiger charge is -2.38. The number of hydrogen-bond donors (Lipinski definition) is 1. The highest BCUT2D eigenvalue weighted by Crippen LogP contribution is 2.31. The molecule has 0 aliphatic carbocycles. The minimum atomic E-state index is 0.302. The fraction of sp³-hybridized carbons (Fsp3) is 0.538. The predicted molar refractivity (Wildman–Crippen MR) is 71.0 cm³/mol. The Morgan fingerprint density at radius 1 is 1.38 bits per heavy atom. The molecule has 0 saturated carbocycles. The number of rotatable bonds is 3. The van der Waals surface area contributed by atoms with Crippen LogP contribution in [0.1, 0.15) is 18.1 Å². The SMILES string of the molecule is Cc1cc(C)c(NCC2(C)COC2)c(Br)c1. The summed E-state index contributed by atoms with van der Waals surface area (Å²) in [7, 11) is 0. The van der Waals surface area contributed by atoms with Gasteiger partial charge >= 0.3 is 0 Å². The summed E-state index contributed by atoms with van der Waals surface area (Å²) < 4.78 is 6.40. The Kier molecular flexibility index (Phi) is 3.27. The molecular formula is C13H18BrNO. The second kappa shape index (κ2) is 4.38. The van der Waals surface area contributed by atoms with Gasteiger partial charge in [-0.05, 0) is 47.0 Å². The molecule has 0 unspecified atom stereocenters. The van der Waals surface area contributed by atoms with Crippen LogP contribution in [0.5, 0.6) is 0 Å². The van der Waals surface area contributed by atoms with Gasteiger partial charge in [0.15, 0.2) is 0 Å². The van der Waals surface area contributed by atoms with E-state index in [9.17, 15) is 0 Å². The largest absolute Gasteiger partial charge is 0.383 e. The third-order valence-electron chi connectivity index (χ3n) is 3.02. The molecule has 1 fully saturated rings. The number of aryl methyl sites for hydroxylation is 2. The Labute approximate surface area is 106 Å². The van der Waals surface area contributed by atoms with E-state index in [-0.39, 0.29) is 0 Å². The van der Waals surface area contributed by atoms with Gasteiger partial charge in [0.25, 0.3) is 0 Å². The van der Waals surface area contributed by atoms with Gasteiger partial charge in [-0.25, -0.2) is 0 Å². The first kappa shape index (κ1) is 11.9. The van der Waals surface area contributed by atoms with Gasteiger partial charge in [0.2, 0.25) is 0 Å². The monoisotopic (exact) mass is 283 g/mol. The van der Waals surface area contributed by atoms with E-state index in [1.807, 2.05) is 0 Å². The van der Waals surface area contributed by atoms with E-state index in [0.29, 0.717) is 5.41 Å². The molecule has 16 heavy (non-hydrogen) atoms. The fourth-order valence-corrected chi connectivity index (χ4v) is 2.81. The number of nitrogens with one attached hydrogen (secondary N) is 1. The molecule has 3 heteroatoms. The molecule has 0 atom stereocenters. The van der Waals surface area contributed by atoms with Crippen molar-refractivity contribution in [2.75, 3.05) is 25.1 Å². The van der Waals surface area contributed by atoms with Gasteiger partial charge in [0.05, 0.1) is 18.9 Å². The molecular weight excluding hydrogens is 266 g/mol. The van der Waals surface area contributed by atoms with Crippen LogP contribution in [0, 0.1) is 19.3 Å². The smallest absolute Gasteiger partial charge is 0.0559 e. The van der Waals surface area contributed by atoms with Gasteiger partial charge in [-0.15, -0.1) is 0 Å². The lowest BCUT2D eigenvalue weighted by atomic mass is 9.88. The molecule has 0 radical (unpaired) electrons. The van der Waals surface area contributed by atoms with E-state index in [4.69, 9.17) is 4.74 Å². The van der Waals surface area contributed by atoms with E-state index < -0.39 is 0 Å². The number of hydrogen-bond acceptors (Lipinski definition) is 2. The standard InChI is InChI=1S/C13H18BrNO/c1-9-4-10(2)12(11(14)5-9)15-6-13(3)7-16-8-13/h4-5,15H,6-8H2,1-3H3. The Morgan fingerprint density at radius 3 is 2.56 bits per heavy atom. The molecule has 88 valence electrons. The van der Waals surface area contributed by atoms with E-state index >= 15 is 0 Å². The molecule has 1 aliphatic rings. The molecule has 2 rings (SSSR count). The highest BCUT2D eigenvalue weighted by molar-refractivity contribution is 9.10. The lowest BCUT2D eigenvalue weighted by Crippen LogP contribution is -2.45. The Morgan fingerprint density at radius 2 is 2.06 bits per heavy atom. The average Bonchev–Trinajstić information content (AvgIpc) is 2.13. The van der Waals surface area contributed by atoms with Crippen LogP contribution in [0.4, 0.5) is 5.69 Å². The van der Waals surface area contributed by atoms with E-state index in [1.165, 1.54) is 16.8 Å². The van der Waals surface area contributed by atoms with Crippen LogP contribution in [0.3, 0.4) is 0 Å². The van der Waals surface area contributed by atoms with Gasteiger partial charge in [-0.3, -0.25) is 0 Å². The van der Waals surface area contributed by atoms with Crippen LogP contribution in [-0.4, -0.2) is 19.8 Å². The van der Waals surface area contributed by atoms with Crippen molar-refractivity contribution >= 4 is 21.6 Å². The summed E-state index contributed by atoms with van der Waals surface area (Å²) in [5.74, 6) is 0. The third kappa shape index (κ3) is 2.41. The van der Waals surface area contributed by atoms with Gasteiger partial charge < -0.3 is 10.1 Å². The molecule has 0 spiro atoms. The quantitative estimate of drug-likeness (QED) is 0.917. The summed E-state index contributed by atoms with van der Waals surface area (Å²) in [5.41, 5.74) is 4.08. The zero-order chi connectivity index (χ0) is 11.8. The molecule has 1 N–H and O–H groups in total. The Hall–Kier alpha value is -0.540. The minimum Gasteiger partial charge on any atom is -0.383 e. The summed E-state index contributed by atoms with van der Waals surface area (Å²) in [5, 5.41) is 3.52. The van der Waals surface area contributed by atoms with Crippen molar-refractivity contribution in [3.8, 4) is 0 Å². The van der Waals surface area contributed by atoms with Crippen molar-refractivity contribution in [3.05, 3.63) is 27.7 Å². The molecule has 0 bridgehead atoms. The van der Waals surface area contributed by atoms with Gasteiger partial charge in [0.1, 0.15) is 0 Å². The average molecular weight is 284 g/mol. The summed E-state index contributed by atoms with van der Waals surface area (Å²) >= 11 is 3.61. The first-order chi connectivity index (χ1) is 7.50. The van der Waals surface area contributed by atoms with E-state index in [1.54, 1.807) is 0 Å². The molecule has 0 aromatic heterocycles. The first-order valence-corrected chi connectivity index (χ1v) is 6.38. The first-order valence-electron chi connectivity index (χ1n) is 5.59. The topological polar surface area (TPSA) is 21.3 Å². The van der Waals surface area contributed by atoms with Crippen LogP contribution in [-0.2, 0) is 4.74 Å². The summed E-state index contributed by atoms with van der Waals surface area (Å²) in [6, 6.07) is 4.35.